The quantitative estimate of drug-likeness (QED) is 0.861. The highest BCUT2D eigenvalue weighted by Crippen LogP contribution is 2.27. The Morgan fingerprint density at radius 2 is 2.19 bits per heavy atom. The van der Waals surface area contributed by atoms with Crippen LogP contribution in [-0.4, -0.2) is 16.2 Å². The minimum atomic E-state index is -0.808. The molecule has 0 fully saturated rings. The summed E-state index contributed by atoms with van der Waals surface area (Å²) in [7, 11) is 0. The first kappa shape index (κ1) is 10.7. The first-order chi connectivity index (χ1) is 7.59. The lowest BCUT2D eigenvalue weighted by Gasteiger charge is -2.16. The van der Waals surface area contributed by atoms with Crippen LogP contribution in [0.1, 0.15) is 25.3 Å². The van der Waals surface area contributed by atoms with Crippen LogP contribution in [0.25, 0.3) is 10.9 Å². The van der Waals surface area contributed by atoms with Crippen molar-refractivity contribution < 1.29 is 14.4 Å². The maximum atomic E-state index is 11.2. The molecule has 0 radical (unpaired) electrons. The topological polar surface area (TPSA) is 63.3 Å². The van der Waals surface area contributed by atoms with Crippen LogP contribution in [-0.2, 0) is 4.79 Å². The van der Waals surface area contributed by atoms with Crippen molar-refractivity contribution in [2.45, 2.75) is 19.8 Å². The Morgan fingerprint density at radius 3 is 2.81 bits per heavy atom. The van der Waals surface area contributed by atoms with Gasteiger partial charge < -0.3 is 9.63 Å². The van der Waals surface area contributed by atoms with E-state index in [1.807, 2.05) is 26.0 Å². The summed E-state index contributed by atoms with van der Waals surface area (Å²) in [6.07, 6.45) is 1.55. The van der Waals surface area contributed by atoms with Crippen molar-refractivity contribution in [2.24, 2.45) is 5.92 Å². The zero-order valence-corrected chi connectivity index (χ0v) is 9.18. The van der Waals surface area contributed by atoms with Gasteiger partial charge >= 0.3 is 5.97 Å². The Labute approximate surface area is 92.9 Å². The van der Waals surface area contributed by atoms with Gasteiger partial charge in [-0.05, 0) is 23.6 Å². The van der Waals surface area contributed by atoms with Crippen LogP contribution >= 0.6 is 0 Å². The molecule has 2 rings (SSSR count). The van der Waals surface area contributed by atoms with Gasteiger partial charge in [0.05, 0.1) is 5.92 Å². The summed E-state index contributed by atoms with van der Waals surface area (Å²) in [6, 6.07) is 5.43. The Kier molecular flexibility index (Phi) is 2.64. The molecule has 1 heterocycles. The monoisotopic (exact) mass is 219 g/mol. The third kappa shape index (κ3) is 1.78. The van der Waals surface area contributed by atoms with E-state index in [1.165, 1.54) is 0 Å². The first-order valence-electron chi connectivity index (χ1n) is 5.16. The van der Waals surface area contributed by atoms with Gasteiger partial charge in [-0.25, -0.2) is 0 Å². The number of aliphatic carboxylic acids is 1. The number of carbonyl (C=O) groups is 1. The molecule has 16 heavy (non-hydrogen) atoms. The summed E-state index contributed by atoms with van der Waals surface area (Å²) >= 11 is 0. The van der Waals surface area contributed by atoms with Crippen molar-refractivity contribution in [1.29, 1.82) is 0 Å². The van der Waals surface area contributed by atoms with Crippen molar-refractivity contribution >= 4 is 16.9 Å². The van der Waals surface area contributed by atoms with Gasteiger partial charge in [0.25, 0.3) is 0 Å². The summed E-state index contributed by atoms with van der Waals surface area (Å²) in [5, 5.41) is 13.9. The molecule has 1 aromatic carbocycles. The summed E-state index contributed by atoms with van der Waals surface area (Å²) in [5.41, 5.74) is 1.47. The second-order valence-corrected chi connectivity index (χ2v) is 4.19. The lowest BCUT2D eigenvalue weighted by atomic mass is 9.88. The van der Waals surface area contributed by atoms with Crippen LogP contribution in [0.15, 0.2) is 29.0 Å². The van der Waals surface area contributed by atoms with Gasteiger partial charge in [-0.1, -0.05) is 25.1 Å². The second-order valence-electron chi connectivity index (χ2n) is 4.19. The van der Waals surface area contributed by atoms with Gasteiger partial charge in [-0.3, -0.25) is 4.79 Å². The van der Waals surface area contributed by atoms with Crippen molar-refractivity contribution in [3.05, 3.63) is 30.0 Å². The summed E-state index contributed by atoms with van der Waals surface area (Å²) in [4.78, 5) is 11.2. The van der Waals surface area contributed by atoms with Crippen LogP contribution in [0.4, 0.5) is 0 Å². The Balaban J connectivity index is 2.48. The molecule has 1 unspecified atom stereocenters. The van der Waals surface area contributed by atoms with Crippen molar-refractivity contribution in [2.75, 3.05) is 0 Å². The molecule has 0 saturated heterocycles. The van der Waals surface area contributed by atoms with Gasteiger partial charge in [-0.15, -0.1) is 0 Å². The molecule has 2 aromatic rings. The van der Waals surface area contributed by atoms with E-state index in [-0.39, 0.29) is 5.92 Å². The molecule has 1 atom stereocenters. The largest absolute Gasteiger partial charge is 0.481 e. The molecule has 0 aliphatic heterocycles. The number of hydrogen-bond donors (Lipinski definition) is 1. The third-order valence-electron chi connectivity index (χ3n) is 2.68. The van der Waals surface area contributed by atoms with E-state index < -0.39 is 11.9 Å². The van der Waals surface area contributed by atoms with Gasteiger partial charge in [-0.2, -0.15) is 0 Å². The standard InChI is InChI=1S/C12H13NO3/c1-7(2)11(12(14)15)8-3-4-9-6-16-13-10(9)5-8/h3-7,11H,1-2H3,(H,14,15). The summed E-state index contributed by atoms with van der Waals surface area (Å²) < 4.78 is 4.82. The van der Waals surface area contributed by atoms with Crippen LogP contribution in [0.3, 0.4) is 0 Å². The second kappa shape index (κ2) is 3.96. The fraction of sp³-hybridized carbons (Fsp3) is 0.333. The van der Waals surface area contributed by atoms with E-state index in [4.69, 9.17) is 4.52 Å². The van der Waals surface area contributed by atoms with Crippen molar-refractivity contribution in [1.82, 2.24) is 5.16 Å². The Bertz CT molecular complexity index is 516. The molecule has 0 amide bonds. The number of carboxylic acids is 1. The van der Waals surface area contributed by atoms with Crippen LogP contribution in [0.5, 0.6) is 0 Å². The Morgan fingerprint density at radius 1 is 1.44 bits per heavy atom. The summed E-state index contributed by atoms with van der Waals surface area (Å²) in [5.74, 6) is -1.26. The number of benzene rings is 1. The number of fused-ring (bicyclic) bond motifs is 1. The minimum absolute atomic E-state index is 0.0434. The molecule has 0 saturated carbocycles. The highest BCUT2D eigenvalue weighted by Gasteiger charge is 2.23. The van der Waals surface area contributed by atoms with Crippen LogP contribution in [0, 0.1) is 5.92 Å². The van der Waals surface area contributed by atoms with Crippen LogP contribution in [0.2, 0.25) is 0 Å². The average Bonchev–Trinajstić information content (AvgIpc) is 2.63. The minimum Gasteiger partial charge on any atom is -0.481 e. The molecular formula is C12H13NO3. The molecule has 0 aliphatic carbocycles. The Hall–Kier alpha value is -1.84. The van der Waals surface area contributed by atoms with E-state index in [9.17, 15) is 9.90 Å². The third-order valence-corrected chi connectivity index (χ3v) is 2.68. The van der Waals surface area contributed by atoms with Gasteiger partial charge in [0.2, 0.25) is 0 Å². The average molecular weight is 219 g/mol. The molecule has 84 valence electrons. The highest BCUT2D eigenvalue weighted by molar-refractivity contribution is 5.82. The predicted octanol–water partition coefficient (Wildman–Crippen LogP) is 2.65. The lowest BCUT2D eigenvalue weighted by Crippen LogP contribution is -2.17. The molecule has 1 N–H and O–H groups in total. The number of hydrogen-bond acceptors (Lipinski definition) is 3. The SMILES string of the molecule is CC(C)C(C(=O)O)c1ccc2conc2c1. The zero-order chi connectivity index (χ0) is 11.7. The van der Waals surface area contributed by atoms with Gasteiger partial charge in [0.1, 0.15) is 11.8 Å². The van der Waals surface area contributed by atoms with E-state index in [1.54, 1.807) is 12.3 Å². The molecule has 0 bridgehead atoms. The maximum absolute atomic E-state index is 11.2. The number of rotatable bonds is 3. The predicted molar refractivity (Wildman–Crippen MR) is 59.2 cm³/mol. The molecule has 0 spiro atoms. The normalized spacial score (nSPS) is 13.2. The van der Waals surface area contributed by atoms with Crippen molar-refractivity contribution in [3.63, 3.8) is 0 Å². The number of carboxylic acid groups (broad SMARTS) is 1. The zero-order valence-electron chi connectivity index (χ0n) is 9.18. The fourth-order valence-electron chi connectivity index (χ4n) is 1.89. The van der Waals surface area contributed by atoms with Crippen molar-refractivity contribution in [3.8, 4) is 0 Å². The molecule has 4 nitrogen and oxygen atoms in total. The van der Waals surface area contributed by atoms with E-state index in [0.717, 1.165) is 10.9 Å². The maximum Gasteiger partial charge on any atom is 0.311 e. The van der Waals surface area contributed by atoms with Gasteiger partial charge in [0.15, 0.2) is 0 Å². The van der Waals surface area contributed by atoms with Gasteiger partial charge in [0, 0.05) is 5.39 Å². The first-order valence-corrected chi connectivity index (χ1v) is 5.16. The fourth-order valence-corrected chi connectivity index (χ4v) is 1.89. The molecule has 0 aliphatic rings. The molecule has 1 aromatic heterocycles. The summed E-state index contributed by atoms with van der Waals surface area (Å²) in [6.45, 7) is 3.79. The van der Waals surface area contributed by atoms with E-state index in [0.29, 0.717) is 5.52 Å². The lowest BCUT2D eigenvalue weighted by molar-refractivity contribution is -0.139. The number of aromatic nitrogens is 1. The van der Waals surface area contributed by atoms with Crippen LogP contribution < -0.4 is 0 Å². The highest BCUT2D eigenvalue weighted by atomic mass is 16.5. The van der Waals surface area contributed by atoms with E-state index >= 15 is 0 Å². The number of nitrogens with zero attached hydrogens (tertiary/aromatic N) is 1. The van der Waals surface area contributed by atoms with E-state index in [2.05, 4.69) is 5.16 Å². The smallest absolute Gasteiger partial charge is 0.311 e. The molecular weight excluding hydrogens is 206 g/mol. The molecule has 4 heteroatoms.